The molecule has 0 unspecified atom stereocenters. The van der Waals surface area contributed by atoms with E-state index in [1.54, 1.807) is 31.2 Å². The van der Waals surface area contributed by atoms with Crippen molar-refractivity contribution in [2.45, 2.75) is 46.2 Å². The van der Waals surface area contributed by atoms with Crippen molar-refractivity contribution < 1.29 is 18.0 Å². The van der Waals surface area contributed by atoms with Crippen molar-refractivity contribution in [3.05, 3.63) is 64.7 Å². The van der Waals surface area contributed by atoms with Crippen LogP contribution in [0.1, 0.15) is 37.8 Å². The number of halogens is 1. The molecule has 0 fully saturated rings. The predicted octanol–water partition coefficient (Wildman–Crippen LogP) is 3.75. The lowest BCUT2D eigenvalue weighted by Gasteiger charge is -2.32. The molecule has 0 aliphatic carbocycles. The summed E-state index contributed by atoms with van der Waals surface area (Å²) in [6.07, 6.45) is 2.81. The lowest BCUT2D eigenvalue weighted by molar-refractivity contribution is -0.139. The molecule has 0 bridgehead atoms. The lowest BCUT2D eigenvalue weighted by Crippen LogP contribution is -2.51. The topological polar surface area (TPSA) is 86.8 Å². The molecule has 33 heavy (non-hydrogen) atoms. The second-order valence-corrected chi connectivity index (χ2v) is 10.4. The molecule has 0 heterocycles. The van der Waals surface area contributed by atoms with E-state index in [2.05, 4.69) is 5.32 Å². The minimum atomic E-state index is -3.76. The molecule has 0 saturated carbocycles. The summed E-state index contributed by atoms with van der Waals surface area (Å²) in [6.45, 7) is 5.89. The maximum Gasteiger partial charge on any atom is 0.244 e. The van der Waals surface area contributed by atoms with Gasteiger partial charge in [-0.1, -0.05) is 49.2 Å². The zero-order valence-corrected chi connectivity index (χ0v) is 21.1. The van der Waals surface area contributed by atoms with Crippen molar-refractivity contribution in [2.24, 2.45) is 0 Å². The van der Waals surface area contributed by atoms with E-state index in [1.165, 1.54) is 4.90 Å². The summed E-state index contributed by atoms with van der Waals surface area (Å²) in [4.78, 5) is 27.7. The van der Waals surface area contributed by atoms with Gasteiger partial charge in [0.2, 0.25) is 21.8 Å². The van der Waals surface area contributed by atoms with Crippen molar-refractivity contribution in [1.82, 2.24) is 10.2 Å². The number of carbonyl (C=O) groups is 2. The van der Waals surface area contributed by atoms with Gasteiger partial charge in [-0.2, -0.15) is 0 Å². The number of hydrogen-bond acceptors (Lipinski definition) is 4. The highest BCUT2D eigenvalue weighted by molar-refractivity contribution is 7.92. The SMILES string of the molecule is CCCCNC(=O)[C@H](C)N(Cc1ccccc1C)C(=O)CN(c1ccc(Cl)cc1)S(C)(=O)=O. The van der Waals surface area contributed by atoms with Gasteiger partial charge in [0, 0.05) is 18.1 Å². The van der Waals surface area contributed by atoms with Crippen molar-refractivity contribution >= 4 is 39.1 Å². The second-order valence-electron chi connectivity index (χ2n) is 8.01. The molecule has 2 aromatic rings. The van der Waals surface area contributed by atoms with Gasteiger partial charge in [0.25, 0.3) is 0 Å². The van der Waals surface area contributed by atoms with Crippen LogP contribution in [0, 0.1) is 6.92 Å². The molecule has 9 heteroatoms. The Labute approximate surface area is 201 Å². The number of nitrogens with one attached hydrogen (secondary N) is 1. The third kappa shape index (κ3) is 7.75. The van der Waals surface area contributed by atoms with E-state index in [1.807, 2.05) is 38.1 Å². The third-order valence-corrected chi connectivity index (χ3v) is 6.79. The second kappa shape index (κ2) is 12.0. The van der Waals surface area contributed by atoms with Crippen LogP contribution in [0.2, 0.25) is 5.02 Å². The van der Waals surface area contributed by atoms with E-state index in [-0.39, 0.29) is 12.5 Å². The number of carbonyl (C=O) groups excluding carboxylic acids is 2. The minimum Gasteiger partial charge on any atom is -0.354 e. The fourth-order valence-corrected chi connectivity index (χ4v) is 4.29. The average Bonchev–Trinajstić information content (AvgIpc) is 2.76. The molecular formula is C24H32ClN3O4S. The van der Waals surface area contributed by atoms with Gasteiger partial charge >= 0.3 is 0 Å². The molecule has 1 N–H and O–H groups in total. The summed E-state index contributed by atoms with van der Waals surface area (Å²) in [5.41, 5.74) is 2.19. The van der Waals surface area contributed by atoms with Gasteiger partial charge in [-0.05, 0) is 55.7 Å². The third-order valence-electron chi connectivity index (χ3n) is 5.39. The highest BCUT2D eigenvalue weighted by Gasteiger charge is 2.30. The molecule has 0 aromatic heterocycles. The lowest BCUT2D eigenvalue weighted by atomic mass is 10.1. The zero-order valence-electron chi connectivity index (χ0n) is 19.5. The maximum absolute atomic E-state index is 13.4. The zero-order chi connectivity index (χ0) is 24.6. The summed E-state index contributed by atoms with van der Waals surface area (Å²) < 4.78 is 26.0. The summed E-state index contributed by atoms with van der Waals surface area (Å²) in [7, 11) is -3.76. The molecule has 0 saturated heterocycles. The number of amides is 2. The largest absolute Gasteiger partial charge is 0.354 e. The monoisotopic (exact) mass is 493 g/mol. The van der Waals surface area contributed by atoms with Crippen LogP contribution >= 0.6 is 11.6 Å². The molecule has 2 aromatic carbocycles. The molecule has 0 aliphatic heterocycles. The van der Waals surface area contributed by atoms with Crippen LogP contribution in [0.5, 0.6) is 0 Å². The minimum absolute atomic E-state index is 0.187. The Morgan fingerprint density at radius 1 is 1.09 bits per heavy atom. The van der Waals surface area contributed by atoms with Gasteiger partial charge in [-0.15, -0.1) is 0 Å². The number of sulfonamides is 1. The average molecular weight is 494 g/mol. The van der Waals surface area contributed by atoms with Crippen molar-refractivity contribution in [2.75, 3.05) is 23.7 Å². The summed E-state index contributed by atoms with van der Waals surface area (Å²) in [6, 6.07) is 13.0. The number of benzene rings is 2. The first-order valence-corrected chi connectivity index (χ1v) is 13.1. The number of rotatable bonds is 11. The van der Waals surface area contributed by atoms with Gasteiger partial charge in [0.15, 0.2) is 0 Å². The van der Waals surface area contributed by atoms with Gasteiger partial charge in [0.05, 0.1) is 11.9 Å². The quantitative estimate of drug-likeness (QED) is 0.483. The molecule has 0 radical (unpaired) electrons. The van der Waals surface area contributed by atoms with Gasteiger partial charge in [-0.3, -0.25) is 13.9 Å². The Morgan fingerprint density at radius 3 is 2.30 bits per heavy atom. The highest BCUT2D eigenvalue weighted by Crippen LogP contribution is 2.21. The first kappa shape index (κ1) is 26.7. The molecule has 2 rings (SSSR count). The van der Waals surface area contributed by atoms with Crippen LogP contribution in [-0.2, 0) is 26.2 Å². The summed E-state index contributed by atoms with van der Waals surface area (Å²) >= 11 is 5.93. The number of unbranched alkanes of at least 4 members (excludes halogenated alkanes) is 1. The van der Waals surface area contributed by atoms with Gasteiger partial charge < -0.3 is 10.2 Å². The maximum atomic E-state index is 13.4. The van der Waals surface area contributed by atoms with E-state index in [0.29, 0.717) is 17.3 Å². The molecule has 7 nitrogen and oxygen atoms in total. The standard InChI is InChI=1S/C24H32ClN3O4S/c1-5-6-15-26-24(30)19(3)27(16-20-10-8-7-9-18(20)2)23(29)17-28(33(4,31)32)22-13-11-21(25)12-14-22/h7-14,19H,5-6,15-17H2,1-4H3,(H,26,30)/t19-/m0/s1. The Kier molecular flexibility index (Phi) is 9.73. The van der Waals surface area contributed by atoms with E-state index < -0.39 is 28.5 Å². The van der Waals surface area contributed by atoms with Crippen LogP contribution in [0.4, 0.5) is 5.69 Å². The molecule has 2 amide bonds. The molecule has 0 spiro atoms. The number of aryl methyl sites for hydroxylation is 1. The molecule has 0 aliphatic rings. The Hall–Kier alpha value is -2.58. The van der Waals surface area contributed by atoms with E-state index in [9.17, 15) is 18.0 Å². The van der Waals surface area contributed by atoms with E-state index in [0.717, 1.165) is 34.5 Å². The van der Waals surface area contributed by atoms with E-state index in [4.69, 9.17) is 11.6 Å². The normalized spacial score (nSPS) is 12.2. The first-order valence-electron chi connectivity index (χ1n) is 10.9. The fourth-order valence-electron chi connectivity index (χ4n) is 3.31. The first-order chi connectivity index (χ1) is 15.5. The smallest absolute Gasteiger partial charge is 0.244 e. The molecular weight excluding hydrogens is 462 g/mol. The Bertz CT molecular complexity index is 1060. The highest BCUT2D eigenvalue weighted by atomic mass is 35.5. The Morgan fingerprint density at radius 2 is 1.73 bits per heavy atom. The van der Waals surface area contributed by atoms with Crippen LogP contribution in [0.15, 0.2) is 48.5 Å². The summed E-state index contributed by atoms with van der Waals surface area (Å²) in [5, 5.41) is 3.32. The van der Waals surface area contributed by atoms with Gasteiger partial charge in [-0.25, -0.2) is 8.42 Å². The predicted molar refractivity (Wildman–Crippen MR) is 133 cm³/mol. The van der Waals surface area contributed by atoms with Gasteiger partial charge in [0.1, 0.15) is 12.6 Å². The number of nitrogens with zero attached hydrogens (tertiary/aromatic N) is 2. The van der Waals surface area contributed by atoms with Crippen LogP contribution < -0.4 is 9.62 Å². The van der Waals surface area contributed by atoms with Crippen LogP contribution in [0.25, 0.3) is 0 Å². The van der Waals surface area contributed by atoms with Crippen molar-refractivity contribution in [3.8, 4) is 0 Å². The Balaban J connectivity index is 2.35. The number of hydrogen-bond donors (Lipinski definition) is 1. The van der Waals surface area contributed by atoms with Crippen LogP contribution in [-0.4, -0.2) is 50.5 Å². The van der Waals surface area contributed by atoms with Crippen molar-refractivity contribution in [3.63, 3.8) is 0 Å². The molecule has 1 atom stereocenters. The fraction of sp³-hybridized carbons (Fsp3) is 0.417. The molecule has 180 valence electrons. The summed E-state index contributed by atoms with van der Waals surface area (Å²) in [5.74, 6) is -0.750. The van der Waals surface area contributed by atoms with Crippen LogP contribution in [0.3, 0.4) is 0 Å². The van der Waals surface area contributed by atoms with E-state index >= 15 is 0 Å². The number of anilines is 1. The van der Waals surface area contributed by atoms with Crippen molar-refractivity contribution in [1.29, 1.82) is 0 Å².